The van der Waals surface area contributed by atoms with E-state index in [1.807, 2.05) is 12.1 Å². The minimum Gasteiger partial charge on any atom is -0.423 e. The molecule has 6 nitrogen and oxygen atoms in total. The maximum absolute atomic E-state index is 12.6. The van der Waals surface area contributed by atoms with Crippen LogP contribution in [0.15, 0.2) is 46.9 Å². The van der Waals surface area contributed by atoms with Crippen molar-refractivity contribution < 1.29 is 22.4 Å². The smallest absolute Gasteiger partial charge is 0.423 e. The van der Waals surface area contributed by atoms with Gasteiger partial charge in [-0.25, -0.2) is 4.98 Å². The maximum Gasteiger partial charge on any atom is 0.454 e. The second-order valence-electron chi connectivity index (χ2n) is 5.64. The molecule has 0 spiro atoms. The number of anilines is 2. The third-order valence-electron chi connectivity index (χ3n) is 3.91. The van der Waals surface area contributed by atoms with Crippen LogP contribution in [-0.4, -0.2) is 26.5 Å². The highest BCUT2D eigenvalue weighted by atomic mass is 19.4. The number of carbonyl (C=O) groups excluding carboxylic acids is 1. The molecule has 0 saturated heterocycles. The first kappa shape index (κ1) is 16.1. The first-order chi connectivity index (χ1) is 12.3. The Balaban J connectivity index is 1.71. The first-order valence-corrected chi connectivity index (χ1v) is 7.53. The Morgan fingerprint density at radius 1 is 1.12 bits per heavy atom. The lowest BCUT2D eigenvalue weighted by Crippen LogP contribution is -2.22. The normalized spacial score (nSPS) is 12.0. The van der Waals surface area contributed by atoms with Crippen molar-refractivity contribution in [1.29, 1.82) is 0 Å². The van der Waals surface area contributed by atoms with Gasteiger partial charge >= 0.3 is 12.2 Å². The van der Waals surface area contributed by atoms with E-state index in [1.165, 1.54) is 6.07 Å². The monoisotopic (exact) mass is 360 g/mol. The Bertz CT molecular complexity index is 1110. The van der Waals surface area contributed by atoms with Gasteiger partial charge in [-0.2, -0.15) is 18.2 Å². The summed E-state index contributed by atoms with van der Waals surface area (Å²) in [5, 5.41) is 2.90. The zero-order chi connectivity index (χ0) is 18.5. The number of ketones is 1. The lowest BCUT2D eigenvalue weighted by molar-refractivity contribution is -0.0885. The van der Waals surface area contributed by atoms with E-state index in [2.05, 4.69) is 15.3 Å². The van der Waals surface area contributed by atoms with Crippen LogP contribution < -0.4 is 5.32 Å². The molecule has 26 heavy (non-hydrogen) atoms. The molecule has 0 aliphatic heterocycles. The van der Waals surface area contributed by atoms with E-state index in [9.17, 15) is 18.0 Å². The summed E-state index contributed by atoms with van der Waals surface area (Å²) in [6, 6.07) is 11.0. The van der Waals surface area contributed by atoms with Gasteiger partial charge in [0.2, 0.25) is 5.95 Å². The van der Waals surface area contributed by atoms with Crippen molar-refractivity contribution >= 4 is 39.9 Å². The number of imidazole rings is 1. The highest BCUT2D eigenvalue weighted by Crippen LogP contribution is 2.27. The van der Waals surface area contributed by atoms with Crippen LogP contribution in [0, 0.1) is 0 Å². The predicted octanol–water partition coefficient (Wildman–Crippen LogP) is 4.20. The number of oxazole rings is 1. The van der Waals surface area contributed by atoms with Gasteiger partial charge in [0.25, 0.3) is 5.78 Å². The van der Waals surface area contributed by atoms with Crippen molar-refractivity contribution in [3.63, 3.8) is 0 Å². The summed E-state index contributed by atoms with van der Waals surface area (Å²) in [5.74, 6) is -1.58. The molecule has 0 unspecified atom stereocenters. The number of hydrogen-bond donors (Lipinski definition) is 1. The number of aryl methyl sites for hydroxylation is 1. The topological polar surface area (TPSA) is 73.0 Å². The van der Waals surface area contributed by atoms with Gasteiger partial charge in [0.05, 0.1) is 11.0 Å². The highest BCUT2D eigenvalue weighted by Gasteiger charge is 2.39. The summed E-state index contributed by atoms with van der Waals surface area (Å²) in [4.78, 5) is 19.9. The summed E-state index contributed by atoms with van der Waals surface area (Å²) in [6.45, 7) is 0. The zero-order valence-electron chi connectivity index (χ0n) is 13.3. The number of fused-ring (bicyclic) bond motifs is 2. The molecular formula is C17H11F3N4O2. The summed E-state index contributed by atoms with van der Waals surface area (Å²) in [6.07, 6.45) is -4.93. The van der Waals surface area contributed by atoms with E-state index in [-0.39, 0.29) is 11.5 Å². The van der Waals surface area contributed by atoms with Gasteiger partial charge in [-0.3, -0.25) is 10.1 Å². The molecule has 0 bridgehead atoms. The Labute approximate surface area is 144 Å². The molecule has 0 aliphatic rings. The van der Waals surface area contributed by atoms with Gasteiger partial charge in [-0.1, -0.05) is 12.1 Å². The van der Waals surface area contributed by atoms with Crippen LogP contribution >= 0.6 is 0 Å². The molecule has 2 heterocycles. The van der Waals surface area contributed by atoms with Crippen LogP contribution in [-0.2, 0) is 7.05 Å². The molecule has 0 amide bonds. The molecule has 4 aromatic rings. The minimum atomic E-state index is -4.93. The Morgan fingerprint density at radius 2 is 1.88 bits per heavy atom. The molecule has 1 N–H and O–H groups in total. The van der Waals surface area contributed by atoms with Crippen LogP contribution in [0.1, 0.15) is 10.4 Å². The Hall–Kier alpha value is -3.36. The molecule has 2 aromatic carbocycles. The van der Waals surface area contributed by atoms with Crippen LogP contribution in [0.25, 0.3) is 22.1 Å². The molecule has 0 atom stereocenters. The van der Waals surface area contributed by atoms with E-state index in [0.717, 1.165) is 12.1 Å². The average molecular weight is 360 g/mol. The molecule has 0 aliphatic carbocycles. The third kappa shape index (κ3) is 2.67. The molecule has 0 saturated carbocycles. The van der Waals surface area contributed by atoms with Crippen molar-refractivity contribution in [3.05, 3.63) is 48.0 Å². The molecule has 9 heteroatoms. The van der Waals surface area contributed by atoms with Crippen molar-refractivity contribution in [3.8, 4) is 0 Å². The summed E-state index contributed by atoms with van der Waals surface area (Å²) >= 11 is 0. The summed E-state index contributed by atoms with van der Waals surface area (Å²) in [5.41, 5.74) is 1.60. The van der Waals surface area contributed by atoms with Gasteiger partial charge < -0.3 is 8.98 Å². The zero-order valence-corrected chi connectivity index (χ0v) is 13.3. The predicted molar refractivity (Wildman–Crippen MR) is 88.4 cm³/mol. The molecular weight excluding hydrogens is 349 g/mol. The number of carbonyl (C=O) groups is 1. The number of rotatable bonds is 3. The minimum absolute atomic E-state index is 0.205. The van der Waals surface area contributed by atoms with Crippen LogP contribution in [0.5, 0.6) is 0 Å². The third-order valence-corrected chi connectivity index (χ3v) is 3.91. The number of Topliss-reactive ketones (excluding diaryl/α,β-unsaturated/α-hetero) is 1. The van der Waals surface area contributed by atoms with Gasteiger partial charge in [0.1, 0.15) is 5.52 Å². The average Bonchev–Trinajstić information content (AvgIpc) is 3.14. The van der Waals surface area contributed by atoms with Crippen LogP contribution in [0.2, 0.25) is 0 Å². The van der Waals surface area contributed by atoms with Gasteiger partial charge in [-0.05, 0) is 30.3 Å². The molecule has 132 valence electrons. The SMILES string of the molecule is Cn1c(Nc2nc3ccccc3o2)nc2cc(C(=O)C(F)(F)F)ccc21. The fourth-order valence-corrected chi connectivity index (χ4v) is 2.64. The van der Waals surface area contributed by atoms with Crippen molar-refractivity contribution in [1.82, 2.24) is 14.5 Å². The standard InChI is InChI=1S/C17H11F3N4O2/c1-24-12-7-6-9(14(25)17(18,19)20)8-11(12)21-15(24)23-16-22-10-4-2-3-5-13(10)26-16/h2-8H,1H3,(H,21,22,23). The van der Waals surface area contributed by atoms with Crippen molar-refractivity contribution in [2.75, 3.05) is 5.32 Å². The molecule has 4 rings (SSSR count). The van der Waals surface area contributed by atoms with E-state index >= 15 is 0 Å². The number of nitrogens with one attached hydrogen (secondary N) is 1. The van der Waals surface area contributed by atoms with Crippen LogP contribution in [0.3, 0.4) is 0 Å². The fraction of sp³-hybridized carbons (Fsp3) is 0.118. The van der Waals surface area contributed by atoms with E-state index < -0.39 is 17.5 Å². The van der Waals surface area contributed by atoms with Gasteiger partial charge in [0, 0.05) is 12.6 Å². The van der Waals surface area contributed by atoms with Crippen molar-refractivity contribution in [2.45, 2.75) is 6.18 Å². The molecule has 0 fully saturated rings. The van der Waals surface area contributed by atoms with E-state index in [4.69, 9.17) is 4.42 Å². The number of benzene rings is 2. The second-order valence-corrected chi connectivity index (χ2v) is 5.64. The van der Waals surface area contributed by atoms with Crippen LogP contribution in [0.4, 0.5) is 25.1 Å². The van der Waals surface area contributed by atoms with E-state index in [1.54, 1.807) is 23.7 Å². The number of alkyl halides is 3. The van der Waals surface area contributed by atoms with Gasteiger partial charge in [0.15, 0.2) is 5.58 Å². The number of hydrogen-bond acceptors (Lipinski definition) is 5. The largest absolute Gasteiger partial charge is 0.454 e. The van der Waals surface area contributed by atoms with Gasteiger partial charge in [-0.15, -0.1) is 0 Å². The number of nitrogens with zero attached hydrogens (tertiary/aromatic N) is 3. The lowest BCUT2D eigenvalue weighted by atomic mass is 10.1. The van der Waals surface area contributed by atoms with E-state index in [0.29, 0.717) is 22.6 Å². The number of halogens is 3. The Kier molecular flexibility index (Phi) is 3.46. The summed E-state index contributed by atoms with van der Waals surface area (Å²) in [7, 11) is 1.69. The van der Waals surface area contributed by atoms with Crippen molar-refractivity contribution in [2.24, 2.45) is 7.05 Å². The quantitative estimate of drug-likeness (QED) is 0.554. The highest BCUT2D eigenvalue weighted by molar-refractivity contribution is 6.02. The first-order valence-electron chi connectivity index (χ1n) is 7.53. The second kappa shape index (κ2) is 5.58. The molecule has 0 radical (unpaired) electrons. The fourth-order valence-electron chi connectivity index (χ4n) is 2.64. The Morgan fingerprint density at radius 3 is 2.62 bits per heavy atom. The number of para-hydroxylation sites is 2. The number of aromatic nitrogens is 3. The summed E-state index contributed by atoms with van der Waals surface area (Å²) < 4.78 is 45.0. The molecule has 2 aromatic heterocycles. The lowest BCUT2D eigenvalue weighted by Gasteiger charge is -2.05. The maximum atomic E-state index is 12.6.